The maximum atomic E-state index is 9.92. The molecule has 0 unspecified atom stereocenters. The molecule has 0 spiro atoms. The van der Waals surface area contributed by atoms with Crippen LogP contribution in [-0.4, -0.2) is 17.9 Å². The lowest BCUT2D eigenvalue weighted by Gasteiger charge is -2.07. The summed E-state index contributed by atoms with van der Waals surface area (Å²) in [6.07, 6.45) is 1.23. The van der Waals surface area contributed by atoms with Crippen LogP contribution in [0.3, 0.4) is 0 Å². The second kappa shape index (κ2) is 6.47. The first-order chi connectivity index (χ1) is 8.75. The largest absolute Gasteiger partial charge is 0.386 e. The molecule has 1 N–H and O–H groups in total. The molecule has 18 heavy (non-hydrogen) atoms. The highest BCUT2D eigenvalue weighted by atomic mass is 79.9. The zero-order valence-electron chi connectivity index (χ0n) is 9.83. The lowest BCUT2D eigenvalue weighted by atomic mass is 10.1. The number of aliphatic hydroxyl groups excluding tert-OH is 1. The SMILES string of the molecule is O[C@H](CN=Cc1ccc(Br)cc1)c1ccccc1. The number of hydrogen-bond donors (Lipinski definition) is 1. The zero-order valence-corrected chi connectivity index (χ0v) is 11.4. The highest BCUT2D eigenvalue weighted by Crippen LogP contribution is 2.12. The first-order valence-corrected chi connectivity index (χ1v) is 6.53. The number of nitrogens with zero attached hydrogens (tertiary/aromatic N) is 1. The molecule has 2 nitrogen and oxygen atoms in total. The van der Waals surface area contributed by atoms with Gasteiger partial charge in [-0.3, -0.25) is 4.99 Å². The van der Waals surface area contributed by atoms with Gasteiger partial charge in [0.05, 0.1) is 12.6 Å². The molecule has 2 rings (SSSR count). The Morgan fingerprint density at radius 2 is 1.72 bits per heavy atom. The van der Waals surface area contributed by atoms with E-state index in [1.165, 1.54) is 0 Å². The van der Waals surface area contributed by atoms with E-state index in [-0.39, 0.29) is 0 Å². The Morgan fingerprint density at radius 1 is 1.06 bits per heavy atom. The van der Waals surface area contributed by atoms with E-state index in [4.69, 9.17) is 0 Å². The molecule has 0 amide bonds. The van der Waals surface area contributed by atoms with Crippen molar-refractivity contribution in [1.82, 2.24) is 0 Å². The van der Waals surface area contributed by atoms with Crippen LogP contribution in [0.5, 0.6) is 0 Å². The highest BCUT2D eigenvalue weighted by molar-refractivity contribution is 9.10. The first kappa shape index (κ1) is 13.0. The monoisotopic (exact) mass is 303 g/mol. The molecule has 0 radical (unpaired) electrons. The molecule has 0 heterocycles. The number of rotatable bonds is 4. The molecule has 0 aliphatic carbocycles. The third-order valence-corrected chi connectivity index (χ3v) is 3.10. The predicted molar refractivity (Wildman–Crippen MR) is 78.0 cm³/mol. The van der Waals surface area contributed by atoms with E-state index in [0.717, 1.165) is 15.6 Å². The summed E-state index contributed by atoms with van der Waals surface area (Å²) in [6, 6.07) is 17.4. The molecule has 92 valence electrons. The van der Waals surface area contributed by atoms with Crippen LogP contribution in [0.15, 0.2) is 64.1 Å². The molecule has 0 saturated carbocycles. The quantitative estimate of drug-likeness (QED) is 0.860. The average molecular weight is 304 g/mol. The molecule has 0 aliphatic rings. The summed E-state index contributed by atoms with van der Waals surface area (Å²) < 4.78 is 1.05. The van der Waals surface area contributed by atoms with Crippen molar-refractivity contribution in [2.45, 2.75) is 6.10 Å². The lowest BCUT2D eigenvalue weighted by molar-refractivity contribution is 0.187. The van der Waals surface area contributed by atoms with Gasteiger partial charge in [0.1, 0.15) is 0 Å². The summed E-state index contributed by atoms with van der Waals surface area (Å²) in [7, 11) is 0. The van der Waals surface area contributed by atoms with Crippen LogP contribution in [-0.2, 0) is 0 Å². The zero-order chi connectivity index (χ0) is 12.8. The van der Waals surface area contributed by atoms with Crippen LogP contribution in [0, 0.1) is 0 Å². The van der Waals surface area contributed by atoms with Crippen molar-refractivity contribution in [3.05, 3.63) is 70.2 Å². The summed E-state index contributed by atoms with van der Waals surface area (Å²) in [5.41, 5.74) is 1.92. The van der Waals surface area contributed by atoms with E-state index in [2.05, 4.69) is 20.9 Å². The van der Waals surface area contributed by atoms with Crippen LogP contribution < -0.4 is 0 Å². The van der Waals surface area contributed by atoms with Gasteiger partial charge in [0.2, 0.25) is 0 Å². The van der Waals surface area contributed by atoms with Crippen LogP contribution in [0.4, 0.5) is 0 Å². The Labute approximate surface area is 115 Å². The third kappa shape index (κ3) is 3.79. The molecule has 3 heteroatoms. The maximum absolute atomic E-state index is 9.92. The first-order valence-electron chi connectivity index (χ1n) is 5.74. The second-order valence-corrected chi connectivity index (χ2v) is 4.89. The summed E-state index contributed by atoms with van der Waals surface area (Å²) in [4.78, 5) is 4.26. The number of aliphatic hydroxyl groups is 1. The number of halogens is 1. The Kier molecular flexibility index (Phi) is 4.67. The molecule has 0 aliphatic heterocycles. The Hall–Kier alpha value is -1.45. The highest BCUT2D eigenvalue weighted by Gasteiger charge is 2.04. The standard InChI is InChI=1S/C15H14BrNO/c16-14-8-6-12(7-9-14)10-17-11-15(18)13-4-2-1-3-5-13/h1-10,15,18H,11H2/t15-/m1/s1. The van der Waals surface area contributed by atoms with E-state index in [1.54, 1.807) is 6.21 Å². The van der Waals surface area contributed by atoms with E-state index in [9.17, 15) is 5.11 Å². The van der Waals surface area contributed by atoms with Crippen LogP contribution in [0.25, 0.3) is 0 Å². The fraction of sp³-hybridized carbons (Fsp3) is 0.133. The summed E-state index contributed by atoms with van der Waals surface area (Å²) in [6.45, 7) is 0.375. The van der Waals surface area contributed by atoms with Crippen LogP contribution in [0.1, 0.15) is 17.2 Å². The predicted octanol–water partition coefficient (Wildman–Crippen LogP) is 3.60. The van der Waals surface area contributed by atoms with Crippen LogP contribution in [0.2, 0.25) is 0 Å². The minimum Gasteiger partial charge on any atom is -0.386 e. The van der Waals surface area contributed by atoms with Gasteiger partial charge in [0, 0.05) is 10.7 Å². The van der Waals surface area contributed by atoms with Gasteiger partial charge in [-0.2, -0.15) is 0 Å². The number of benzene rings is 2. The van der Waals surface area contributed by atoms with Gasteiger partial charge in [-0.05, 0) is 23.3 Å². The van der Waals surface area contributed by atoms with Crippen molar-refractivity contribution < 1.29 is 5.11 Å². The second-order valence-electron chi connectivity index (χ2n) is 3.97. The van der Waals surface area contributed by atoms with Crippen molar-refractivity contribution in [2.24, 2.45) is 4.99 Å². The number of hydrogen-bond acceptors (Lipinski definition) is 2. The summed E-state index contributed by atoms with van der Waals surface area (Å²) in [5.74, 6) is 0. The van der Waals surface area contributed by atoms with Gasteiger partial charge in [0.25, 0.3) is 0 Å². The molecule has 2 aromatic carbocycles. The van der Waals surface area contributed by atoms with Crippen LogP contribution >= 0.6 is 15.9 Å². The summed E-state index contributed by atoms with van der Waals surface area (Å²) in [5, 5.41) is 9.92. The van der Waals surface area contributed by atoms with Crippen molar-refractivity contribution in [1.29, 1.82) is 0 Å². The molecular formula is C15H14BrNO. The van der Waals surface area contributed by atoms with Gasteiger partial charge in [0.15, 0.2) is 0 Å². The topological polar surface area (TPSA) is 32.6 Å². The van der Waals surface area contributed by atoms with Crippen molar-refractivity contribution in [3.8, 4) is 0 Å². The molecule has 0 fully saturated rings. The molecule has 0 aromatic heterocycles. The fourth-order valence-corrected chi connectivity index (χ4v) is 1.85. The maximum Gasteiger partial charge on any atom is 0.0985 e. The molecule has 1 atom stereocenters. The normalized spacial score (nSPS) is 12.8. The van der Waals surface area contributed by atoms with Gasteiger partial charge in [-0.15, -0.1) is 0 Å². The Morgan fingerprint density at radius 3 is 2.39 bits per heavy atom. The Bertz CT molecular complexity index is 508. The molecule has 0 saturated heterocycles. The van der Waals surface area contributed by atoms with Crippen molar-refractivity contribution >= 4 is 22.1 Å². The lowest BCUT2D eigenvalue weighted by Crippen LogP contribution is -2.01. The third-order valence-electron chi connectivity index (χ3n) is 2.57. The average Bonchev–Trinajstić information content (AvgIpc) is 2.42. The minimum atomic E-state index is -0.544. The summed E-state index contributed by atoms with van der Waals surface area (Å²) >= 11 is 3.38. The molecule has 0 bridgehead atoms. The van der Waals surface area contributed by atoms with Gasteiger partial charge < -0.3 is 5.11 Å². The van der Waals surface area contributed by atoms with Crippen molar-refractivity contribution in [2.75, 3.05) is 6.54 Å². The van der Waals surface area contributed by atoms with Gasteiger partial charge in [-0.1, -0.05) is 58.4 Å². The van der Waals surface area contributed by atoms with Crippen molar-refractivity contribution in [3.63, 3.8) is 0 Å². The van der Waals surface area contributed by atoms with E-state index >= 15 is 0 Å². The smallest absolute Gasteiger partial charge is 0.0985 e. The molecular weight excluding hydrogens is 290 g/mol. The van der Waals surface area contributed by atoms with E-state index in [1.807, 2.05) is 54.6 Å². The Balaban J connectivity index is 1.93. The van der Waals surface area contributed by atoms with Gasteiger partial charge in [-0.25, -0.2) is 0 Å². The van der Waals surface area contributed by atoms with Gasteiger partial charge >= 0.3 is 0 Å². The van der Waals surface area contributed by atoms with E-state index in [0.29, 0.717) is 6.54 Å². The molecule has 2 aromatic rings. The van der Waals surface area contributed by atoms with E-state index < -0.39 is 6.10 Å². The number of aliphatic imine (C=N–C) groups is 1. The fourth-order valence-electron chi connectivity index (χ4n) is 1.59. The minimum absolute atomic E-state index is 0.375.